The van der Waals surface area contributed by atoms with Crippen molar-refractivity contribution in [2.75, 3.05) is 6.61 Å². The molecule has 1 radical (unpaired) electrons. The molecule has 1 heteroatoms. The van der Waals surface area contributed by atoms with Crippen molar-refractivity contribution in [3.63, 3.8) is 0 Å². The van der Waals surface area contributed by atoms with Gasteiger partial charge in [0.25, 0.3) is 0 Å². The van der Waals surface area contributed by atoms with Crippen LogP contribution in [0.15, 0.2) is 0 Å². The maximum absolute atomic E-state index is 8.20. The van der Waals surface area contributed by atoms with Crippen LogP contribution in [0.4, 0.5) is 0 Å². The molecule has 0 aromatic carbocycles. The summed E-state index contributed by atoms with van der Waals surface area (Å²) in [6.07, 6.45) is 8.20. The first-order chi connectivity index (χ1) is 3.41. The molecule has 0 amide bonds. The highest BCUT2D eigenvalue weighted by Crippen LogP contribution is 1.88. The number of unbranched alkanes of at least 4 members (excludes halogenated alkanes) is 2. The molecule has 0 rings (SSSR count). The number of terminal acetylenes is 1. The van der Waals surface area contributed by atoms with Crippen molar-refractivity contribution in [2.24, 2.45) is 0 Å². The molecule has 0 fully saturated rings. The Labute approximate surface area is 44.4 Å². The molecule has 0 aromatic rings. The van der Waals surface area contributed by atoms with Gasteiger partial charge in [-0.15, -0.1) is 12.3 Å². The summed E-state index contributed by atoms with van der Waals surface area (Å²) < 4.78 is 0. The zero-order valence-electron chi connectivity index (χ0n) is 4.22. The molecule has 0 unspecified atom stereocenters. The van der Waals surface area contributed by atoms with Crippen LogP contribution in [0.2, 0.25) is 0 Å². The summed E-state index contributed by atoms with van der Waals surface area (Å²) >= 11 is 0. The molecule has 0 saturated heterocycles. The minimum atomic E-state index is 0.234. The lowest BCUT2D eigenvalue weighted by atomic mass is 10.2. The molecule has 39 valence electrons. The standard InChI is InChI=1S/C6H9O/c1-2-3-4-5-6-7/h1,3,7H,4-6H2. The first-order valence-corrected chi connectivity index (χ1v) is 2.30. The van der Waals surface area contributed by atoms with Crippen molar-refractivity contribution in [3.05, 3.63) is 6.42 Å². The van der Waals surface area contributed by atoms with E-state index in [1.807, 2.05) is 0 Å². The maximum atomic E-state index is 8.20. The van der Waals surface area contributed by atoms with Crippen molar-refractivity contribution in [3.8, 4) is 12.3 Å². The van der Waals surface area contributed by atoms with Gasteiger partial charge in [0.05, 0.1) is 0 Å². The highest BCUT2D eigenvalue weighted by atomic mass is 16.2. The summed E-state index contributed by atoms with van der Waals surface area (Å²) in [6.45, 7) is 0.234. The topological polar surface area (TPSA) is 20.2 Å². The van der Waals surface area contributed by atoms with Gasteiger partial charge in [-0.1, -0.05) is 0 Å². The van der Waals surface area contributed by atoms with E-state index in [1.165, 1.54) is 0 Å². The molecule has 0 spiro atoms. The van der Waals surface area contributed by atoms with Crippen LogP contribution in [0.1, 0.15) is 12.8 Å². The second-order valence-corrected chi connectivity index (χ2v) is 1.24. The summed E-state index contributed by atoms with van der Waals surface area (Å²) in [5.41, 5.74) is 0. The van der Waals surface area contributed by atoms with E-state index in [0.717, 1.165) is 12.8 Å². The van der Waals surface area contributed by atoms with E-state index in [-0.39, 0.29) is 6.61 Å². The van der Waals surface area contributed by atoms with E-state index in [2.05, 4.69) is 5.92 Å². The SMILES string of the molecule is C#C[CH]CCCO. The fourth-order valence-corrected chi connectivity index (χ4v) is 0.277. The predicted octanol–water partition coefficient (Wildman–Crippen LogP) is 0.596. The molecule has 7 heavy (non-hydrogen) atoms. The third-order valence-electron chi connectivity index (χ3n) is 0.624. The summed E-state index contributed by atoms with van der Waals surface area (Å²) in [7, 11) is 0. The summed E-state index contributed by atoms with van der Waals surface area (Å²) in [5, 5.41) is 8.20. The van der Waals surface area contributed by atoms with Crippen molar-refractivity contribution in [1.29, 1.82) is 0 Å². The average molecular weight is 97.1 g/mol. The summed E-state index contributed by atoms with van der Waals surface area (Å²) in [6, 6.07) is 0. The van der Waals surface area contributed by atoms with Crippen LogP contribution in [0.5, 0.6) is 0 Å². The normalized spacial score (nSPS) is 8.00. The smallest absolute Gasteiger partial charge is 0.0431 e. The zero-order valence-corrected chi connectivity index (χ0v) is 4.22. The Morgan fingerprint density at radius 2 is 2.43 bits per heavy atom. The minimum Gasteiger partial charge on any atom is -0.396 e. The Bertz CT molecular complexity index is 61.1. The molecule has 0 aromatic heterocycles. The fourth-order valence-electron chi connectivity index (χ4n) is 0.277. The van der Waals surface area contributed by atoms with Crippen LogP contribution in [0.25, 0.3) is 0 Å². The van der Waals surface area contributed by atoms with Crippen LogP contribution in [0.3, 0.4) is 0 Å². The third kappa shape index (κ3) is 5.52. The second kappa shape index (κ2) is 5.52. The first-order valence-electron chi connectivity index (χ1n) is 2.30. The van der Waals surface area contributed by atoms with E-state index in [1.54, 1.807) is 6.42 Å². The number of rotatable bonds is 3. The minimum absolute atomic E-state index is 0.234. The predicted molar refractivity (Wildman–Crippen MR) is 29.5 cm³/mol. The summed E-state index contributed by atoms with van der Waals surface area (Å²) in [5.74, 6) is 2.37. The van der Waals surface area contributed by atoms with E-state index in [9.17, 15) is 0 Å². The second-order valence-electron chi connectivity index (χ2n) is 1.24. The fraction of sp³-hybridized carbons (Fsp3) is 0.500. The van der Waals surface area contributed by atoms with Crippen molar-refractivity contribution in [1.82, 2.24) is 0 Å². The van der Waals surface area contributed by atoms with E-state index in [4.69, 9.17) is 11.5 Å². The first kappa shape index (κ1) is 6.52. The van der Waals surface area contributed by atoms with Gasteiger partial charge < -0.3 is 5.11 Å². The van der Waals surface area contributed by atoms with Crippen LogP contribution in [-0.2, 0) is 0 Å². The van der Waals surface area contributed by atoms with Gasteiger partial charge in [-0.05, 0) is 12.8 Å². The maximum Gasteiger partial charge on any atom is 0.0431 e. The number of aliphatic hydroxyl groups is 1. The molecule has 0 atom stereocenters. The van der Waals surface area contributed by atoms with Gasteiger partial charge in [-0.2, -0.15) is 0 Å². The van der Waals surface area contributed by atoms with Gasteiger partial charge in [-0.3, -0.25) is 0 Å². The monoisotopic (exact) mass is 97.1 g/mol. The number of hydrogen-bond donors (Lipinski definition) is 1. The molecular weight excluding hydrogens is 88.1 g/mol. The Morgan fingerprint density at radius 3 is 2.86 bits per heavy atom. The van der Waals surface area contributed by atoms with E-state index >= 15 is 0 Å². The van der Waals surface area contributed by atoms with Gasteiger partial charge in [0.2, 0.25) is 0 Å². The largest absolute Gasteiger partial charge is 0.396 e. The van der Waals surface area contributed by atoms with E-state index < -0.39 is 0 Å². The van der Waals surface area contributed by atoms with Gasteiger partial charge in [0.1, 0.15) is 0 Å². The number of aliphatic hydroxyl groups excluding tert-OH is 1. The van der Waals surface area contributed by atoms with Crippen LogP contribution >= 0.6 is 0 Å². The quantitative estimate of drug-likeness (QED) is 0.404. The molecule has 0 aliphatic rings. The molecule has 0 saturated carbocycles. The highest BCUT2D eigenvalue weighted by molar-refractivity contribution is 4.99. The molecule has 1 nitrogen and oxygen atoms in total. The van der Waals surface area contributed by atoms with Gasteiger partial charge in [-0.25, -0.2) is 0 Å². The Balaban J connectivity index is 2.60. The van der Waals surface area contributed by atoms with Crippen LogP contribution < -0.4 is 0 Å². The van der Waals surface area contributed by atoms with Gasteiger partial charge in [0, 0.05) is 13.0 Å². The lowest BCUT2D eigenvalue weighted by Gasteiger charge is -1.85. The van der Waals surface area contributed by atoms with Crippen LogP contribution in [0, 0.1) is 18.8 Å². The molecule has 0 bridgehead atoms. The summed E-state index contributed by atoms with van der Waals surface area (Å²) in [4.78, 5) is 0. The van der Waals surface area contributed by atoms with Crippen molar-refractivity contribution in [2.45, 2.75) is 12.8 Å². The molecule has 0 aliphatic carbocycles. The zero-order chi connectivity index (χ0) is 5.54. The number of hydrogen-bond acceptors (Lipinski definition) is 1. The lowest BCUT2D eigenvalue weighted by molar-refractivity contribution is 0.288. The molecule has 1 N–H and O–H groups in total. The highest BCUT2D eigenvalue weighted by Gasteiger charge is 1.79. The average Bonchev–Trinajstić information content (AvgIpc) is 1.69. The van der Waals surface area contributed by atoms with Crippen molar-refractivity contribution < 1.29 is 5.11 Å². The molecule has 0 aliphatic heterocycles. The third-order valence-corrected chi connectivity index (χ3v) is 0.624. The van der Waals surface area contributed by atoms with Crippen LogP contribution in [-0.4, -0.2) is 11.7 Å². The lowest BCUT2D eigenvalue weighted by Crippen LogP contribution is -1.80. The molecular formula is C6H9O. The Hall–Kier alpha value is -0.480. The van der Waals surface area contributed by atoms with Gasteiger partial charge >= 0.3 is 0 Å². The Morgan fingerprint density at radius 1 is 1.71 bits per heavy atom. The van der Waals surface area contributed by atoms with Crippen molar-refractivity contribution >= 4 is 0 Å². The Kier molecular flexibility index (Phi) is 5.14. The van der Waals surface area contributed by atoms with Gasteiger partial charge in [0.15, 0.2) is 0 Å². The van der Waals surface area contributed by atoms with E-state index in [0.29, 0.717) is 0 Å². The molecule has 0 heterocycles.